The molecular formula is C16H13BrFN3. The van der Waals surface area contributed by atoms with Crippen LogP contribution in [0.15, 0.2) is 59.2 Å². The van der Waals surface area contributed by atoms with Gasteiger partial charge in [-0.05, 0) is 42.0 Å². The minimum atomic E-state index is -0.272. The summed E-state index contributed by atoms with van der Waals surface area (Å²) in [6, 6.07) is 14.2. The van der Waals surface area contributed by atoms with Gasteiger partial charge in [-0.3, -0.25) is 4.68 Å². The van der Waals surface area contributed by atoms with Gasteiger partial charge in [0.15, 0.2) is 0 Å². The molecule has 0 unspecified atom stereocenters. The Hall–Kier alpha value is -2.14. The van der Waals surface area contributed by atoms with Gasteiger partial charge in [0, 0.05) is 16.2 Å². The number of halogens is 2. The highest BCUT2D eigenvalue weighted by atomic mass is 79.9. The molecule has 0 bridgehead atoms. The maximum Gasteiger partial charge on any atom is 0.123 e. The van der Waals surface area contributed by atoms with E-state index in [1.165, 1.54) is 12.1 Å². The van der Waals surface area contributed by atoms with Gasteiger partial charge in [0.1, 0.15) is 11.5 Å². The number of hydrogen-bond donors (Lipinski definition) is 1. The first kappa shape index (κ1) is 13.8. The van der Waals surface area contributed by atoms with Crippen LogP contribution in [0.25, 0.3) is 11.3 Å². The minimum Gasteiger partial charge on any atom is -0.396 e. The van der Waals surface area contributed by atoms with Gasteiger partial charge >= 0.3 is 0 Å². The van der Waals surface area contributed by atoms with Crippen molar-refractivity contribution in [1.82, 2.24) is 9.78 Å². The van der Waals surface area contributed by atoms with E-state index in [9.17, 15) is 4.39 Å². The highest BCUT2D eigenvalue weighted by molar-refractivity contribution is 9.10. The van der Waals surface area contributed by atoms with E-state index in [0.29, 0.717) is 17.9 Å². The molecular weight excluding hydrogens is 333 g/mol. The number of aromatic nitrogens is 2. The summed E-state index contributed by atoms with van der Waals surface area (Å²) in [7, 11) is 0. The number of benzene rings is 2. The van der Waals surface area contributed by atoms with E-state index in [1.807, 2.05) is 24.3 Å². The third-order valence-corrected chi connectivity index (χ3v) is 3.63. The van der Waals surface area contributed by atoms with E-state index in [1.54, 1.807) is 23.0 Å². The zero-order valence-corrected chi connectivity index (χ0v) is 12.7. The predicted octanol–water partition coefficient (Wildman–Crippen LogP) is 4.08. The molecule has 0 atom stereocenters. The van der Waals surface area contributed by atoms with E-state index in [2.05, 4.69) is 21.0 Å². The van der Waals surface area contributed by atoms with Gasteiger partial charge in [-0.15, -0.1) is 0 Å². The van der Waals surface area contributed by atoms with Crippen LogP contribution in [-0.2, 0) is 6.54 Å². The van der Waals surface area contributed by atoms with E-state index < -0.39 is 0 Å². The van der Waals surface area contributed by atoms with Gasteiger partial charge in [0.05, 0.1) is 12.2 Å². The predicted molar refractivity (Wildman–Crippen MR) is 85.3 cm³/mol. The van der Waals surface area contributed by atoms with Crippen LogP contribution >= 0.6 is 15.9 Å². The summed E-state index contributed by atoms with van der Waals surface area (Å²) >= 11 is 3.45. The third-order valence-electron chi connectivity index (χ3n) is 3.14. The van der Waals surface area contributed by atoms with Gasteiger partial charge in [-0.1, -0.05) is 28.1 Å². The Labute approximate surface area is 130 Å². The summed E-state index contributed by atoms with van der Waals surface area (Å²) in [5, 5.41) is 4.49. The topological polar surface area (TPSA) is 43.8 Å². The molecule has 0 fully saturated rings. The molecule has 0 saturated heterocycles. The number of anilines is 1. The first-order chi connectivity index (χ1) is 10.1. The van der Waals surface area contributed by atoms with Crippen LogP contribution in [-0.4, -0.2) is 9.78 Å². The molecule has 0 aliphatic heterocycles. The number of rotatable bonds is 3. The van der Waals surface area contributed by atoms with Crippen LogP contribution in [0, 0.1) is 5.82 Å². The maximum atomic E-state index is 13.0. The van der Waals surface area contributed by atoms with Crippen LogP contribution in [0.2, 0.25) is 0 Å². The van der Waals surface area contributed by atoms with Crippen molar-refractivity contribution in [1.29, 1.82) is 0 Å². The fourth-order valence-electron chi connectivity index (χ4n) is 2.17. The molecule has 2 aromatic carbocycles. The Morgan fingerprint density at radius 1 is 1.14 bits per heavy atom. The van der Waals surface area contributed by atoms with Crippen molar-refractivity contribution in [3.63, 3.8) is 0 Å². The zero-order valence-electron chi connectivity index (χ0n) is 11.1. The quantitative estimate of drug-likeness (QED) is 0.777. The first-order valence-electron chi connectivity index (χ1n) is 6.45. The molecule has 3 nitrogen and oxygen atoms in total. The monoisotopic (exact) mass is 345 g/mol. The Morgan fingerprint density at radius 3 is 2.62 bits per heavy atom. The van der Waals surface area contributed by atoms with Crippen molar-refractivity contribution >= 4 is 21.6 Å². The molecule has 0 spiro atoms. The third kappa shape index (κ3) is 3.13. The molecule has 0 aliphatic carbocycles. The fourth-order valence-corrected chi connectivity index (χ4v) is 2.62. The highest BCUT2D eigenvalue weighted by Gasteiger charge is 2.09. The molecule has 3 rings (SSSR count). The average molecular weight is 346 g/mol. The molecule has 1 aromatic heterocycles. The number of nitrogens with two attached hydrogens (primary N) is 1. The maximum absolute atomic E-state index is 13.0. The Balaban J connectivity index is 1.89. The van der Waals surface area contributed by atoms with Crippen molar-refractivity contribution in [3.05, 3.63) is 70.6 Å². The van der Waals surface area contributed by atoms with Gasteiger partial charge < -0.3 is 5.73 Å². The van der Waals surface area contributed by atoms with Crippen LogP contribution in [0.5, 0.6) is 0 Å². The van der Waals surface area contributed by atoms with E-state index in [-0.39, 0.29) is 5.82 Å². The summed E-state index contributed by atoms with van der Waals surface area (Å²) in [4.78, 5) is 0. The van der Waals surface area contributed by atoms with Crippen molar-refractivity contribution in [2.24, 2.45) is 0 Å². The molecule has 1 heterocycles. The molecule has 21 heavy (non-hydrogen) atoms. The lowest BCUT2D eigenvalue weighted by Gasteiger charge is -2.02. The molecule has 0 saturated carbocycles. The molecule has 5 heteroatoms. The molecule has 2 N–H and O–H groups in total. The second-order valence-corrected chi connectivity index (χ2v) is 5.68. The molecule has 106 valence electrons. The first-order valence-corrected chi connectivity index (χ1v) is 7.24. The highest BCUT2D eigenvalue weighted by Crippen LogP contribution is 2.24. The van der Waals surface area contributed by atoms with Gasteiger partial charge in [0.25, 0.3) is 0 Å². The van der Waals surface area contributed by atoms with Crippen LogP contribution in [0.3, 0.4) is 0 Å². The molecule has 0 aliphatic rings. The Morgan fingerprint density at radius 2 is 1.90 bits per heavy atom. The number of nitrogen functional groups attached to an aromatic ring is 1. The summed E-state index contributed by atoms with van der Waals surface area (Å²) in [6.45, 7) is 0.630. The summed E-state index contributed by atoms with van der Waals surface area (Å²) in [6.07, 6.45) is 1.79. The standard InChI is InChI=1S/C16H13BrFN3/c17-13-3-1-2-11(8-13)9-21-10-15(19)16(20-21)12-4-6-14(18)7-5-12/h1-8,10H,9,19H2. The zero-order chi connectivity index (χ0) is 14.8. The lowest BCUT2D eigenvalue weighted by molar-refractivity contribution is 0.628. The average Bonchev–Trinajstić information content (AvgIpc) is 2.80. The van der Waals surface area contributed by atoms with E-state index >= 15 is 0 Å². The van der Waals surface area contributed by atoms with Gasteiger partial charge in [-0.25, -0.2) is 4.39 Å². The summed E-state index contributed by atoms with van der Waals surface area (Å²) in [5.41, 5.74) is 9.19. The second-order valence-electron chi connectivity index (χ2n) is 4.77. The Kier molecular flexibility index (Phi) is 3.75. The lowest BCUT2D eigenvalue weighted by atomic mass is 10.1. The van der Waals surface area contributed by atoms with E-state index in [4.69, 9.17) is 5.73 Å². The van der Waals surface area contributed by atoms with Crippen molar-refractivity contribution in [2.45, 2.75) is 6.54 Å². The number of nitrogens with zero attached hydrogens (tertiary/aromatic N) is 2. The molecule has 0 amide bonds. The van der Waals surface area contributed by atoms with Crippen LogP contribution in [0.4, 0.5) is 10.1 Å². The van der Waals surface area contributed by atoms with E-state index in [0.717, 1.165) is 15.6 Å². The Bertz CT molecular complexity index is 765. The summed E-state index contributed by atoms with van der Waals surface area (Å²) < 4.78 is 15.8. The lowest BCUT2D eigenvalue weighted by Crippen LogP contribution is -2.00. The fraction of sp³-hybridized carbons (Fsp3) is 0.0625. The van der Waals surface area contributed by atoms with Crippen LogP contribution < -0.4 is 5.73 Å². The van der Waals surface area contributed by atoms with Gasteiger partial charge in [-0.2, -0.15) is 5.10 Å². The normalized spacial score (nSPS) is 10.8. The molecule has 3 aromatic rings. The second kappa shape index (κ2) is 5.69. The minimum absolute atomic E-state index is 0.272. The van der Waals surface area contributed by atoms with Crippen molar-refractivity contribution in [2.75, 3.05) is 5.73 Å². The summed E-state index contributed by atoms with van der Waals surface area (Å²) in [5.74, 6) is -0.272. The van der Waals surface area contributed by atoms with Crippen molar-refractivity contribution in [3.8, 4) is 11.3 Å². The van der Waals surface area contributed by atoms with Crippen LogP contribution in [0.1, 0.15) is 5.56 Å². The smallest absolute Gasteiger partial charge is 0.123 e. The SMILES string of the molecule is Nc1cn(Cc2cccc(Br)c2)nc1-c1ccc(F)cc1. The largest absolute Gasteiger partial charge is 0.396 e. The number of hydrogen-bond acceptors (Lipinski definition) is 2. The van der Waals surface area contributed by atoms with Crippen molar-refractivity contribution < 1.29 is 4.39 Å². The molecule has 0 radical (unpaired) electrons. The van der Waals surface area contributed by atoms with Gasteiger partial charge in [0.2, 0.25) is 0 Å².